The maximum absolute atomic E-state index is 5.88. The summed E-state index contributed by atoms with van der Waals surface area (Å²) >= 11 is 5.39. The van der Waals surface area contributed by atoms with Gasteiger partial charge in [0.2, 0.25) is 0 Å². The molecule has 2 rings (SSSR count). The topological polar surface area (TPSA) is 26.0 Å². The molecule has 2 unspecified atom stereocenters. The van der Waals surface area contributed by atoms with Crippen molar-refractivity contribution in [2.24, 2.45) is 5.73 Å². The molecule has 2 atom stereocenters. The number of rotatable bonds is 1. The van der Waals surface area contributed by atoms with Crippen LogP contribution in [0.4, 0.5) is 0 Å². The zero-order chi connectivity index (χ0) is 9.42. The summed E-state index contributed by atoms with van der Waals surface area (Å²) in [6, 6.07) is 6.74. The molecule has 0 amide bonds. The van der Waals surface area contributed by atoms with Crippen LogP contribution in [0, 0.1) is 0 Å². The summed E-state index contributed by atoms with van der Waals surface area (Å²) in [4.78, 5) is 1.39. The summed E-state index contributed by atoms with van der Waals surface area (Å²) in [7, 11) is 0. The first-order valence-electron chi connectivity index (χ1n) is 4.37. The van der Waals surface area contributed by atoms with Gasteiger partial charge in [0.1, 0.15) is 0 Å². The summed E-state index contributed by atoms with van der Waals surface area (Å²) < 4.78 is 1.16. The van der Waals surface area contributed by atoms with Gasteiger partial charge >= 0.3 is 0 Å². The van der Waals surface area contributed by atoms with Crippen molar-refractivity contribution >= 4 is 27.7 Å². The Morgan fingerprint density at radius 1 is 1.62 bits per heavy atom. The Morgan fingerprint density at radius 2 is 2.38 bits per heavy atom. The number of benzene rings is 1. The van der Waals surface area contributed by atoms with Crippen molar-refractivity contribution in [3.63, 3.8) is 0 Å². The van der Waals surface area contributed by atoms with Gasteiger partial charge in [0, 0.05) is 20.7 Å². The monoisotopic (exact) mass is 257 g/mol. The van der Waals surface area contributed by atoms with E-state index in [0.29, 0.717) is 5.25 Å². The summed E-state index contributed by atoms with van der Waals surface area (Å²) in [5.74, 6) is 0. The smallest absolute Gasteiger partial charge is 0.0284 e. The van der Waals surface area contributed by atoms with E-state index < -0.39 is 0 Å². The van der Waals surface area contributed by atoms with Gasteiger partial charge in [-0.05, 0) is 37.1 Å². The van der Waals surface area contributed by atoms with Crippen LogP contribution in [0.15, 0.2) is 27.6 Å². The molecule has 0 radical (unpaired) electrons. The Morgan fingerprint density at radius 3 is 3.08 bits per heavy atom. The number of hydrogen-bond acceptors (Lipinski definition) is 2. The van der Waals surface area contributed by atoms with Crippen LogP contribution in [0.1, 0.15) is 12.5 Å². The van der Waals surface area contributed by atoms with Crippen molar-refractivity contribution in [2.45, 2.75) is 29.5 Å². The fourth-order valence-corrected chi connectivity index (χ4v) is 3.19. The molecule has 0 saturated heterocycles. The van der Waals surface area contributed by atoms with E-state index in [1.807, 2.05) is 11.8 Å². The van der Waals surface area contributed by atoms with Crippen LogP contribution in [0.25, 0.3) is 0 Å². The highest BCUT2D eigenvalue weighted by atomic mass is 79.9. The summed E-state index contributed by atoms with van der Waals surface area (Å²) in [5, 5.41) is 0.560. The van der Waals surface area contributed by atoms with E-state index in [0.717, 1.165) is 10.9 Å². The number of halogens is 1. The lowest BCUT2D eigenvalue weighted by Gasteiger charge is -2.11. The highest BCUT2D eigenvalue weighted by Gasteiger charge is 2.24. The second kappa shape index (κ2) is 3.64. The Balaban J connectivity index is 2.25. The van der Waals surface area contributed by atoms with Gasteiger partial charge in [-0.3, -0.25) is 0 Å². The van der Waals surface area contributed by atoms with Crippen LogP contribution in [0.5, 0.6) is 0 Å². The SMILES string of the molecule is CC(N)C1Cc2cc(Br)ccc2S1. The molecule has 0 spiro atoms. The van der Waals surface area contributed by atoms with Crippen LogP contribution < -0.4 is 5.73 Å². The fourth-order valence-electron chi connectivity index (χ4n) is 1.54. The molecule has 13 heavy (non-hydrogen) atoms. The predicted octanol–water partition coefficient (Wildman–Crippen LogP) is 2.81. The lowest BCUT2D eigenvalue weighted by Crippen LogP contribution is -2.28. The summed E-state index contributed by atoms with van der Waals surface area (Å²) in [5.41, 5.74) is 7.31. The van der Waals surface area contributed by atoms with Crippen LogP contribution in [0.2, 0.25) is 0 Å². The largest absolute Gasteiger partial charge is 0.327 e. The van der Waals surface area contributed by atoms with Gasteiger partial charge in [0.15, 0.2) is 0 Å². The normalized spacial score (nSPS) is 22.8. The highest BCUT2D eigenvalue weighted by Crippen LogP contribution is 2.39. The molecule has 0 fully saturated rings. The van der Waals surface area contributed by atoms with Crippen molar-refractivity contribution in [3.8, 4) is 0 Å². The molecule has 0 saturated carbocycles. The van der Waals surface area contributed by atoms with Crippen molar-refractivity contribution in [2.75, 3.05) is 0 Å². The average Bonchev–Trinajstić information content (AvgIpc) is 2.46. The Kier molecular flexibility index (Phi) is 2.67. The first-order chi connectivity index (χ1) is 6.16. The molecule has 1 aromatic rings. The fraction of sp³-hybridized carbons (Fsp3) is 0.400. The van der Waals surface area contributed by atoms with Crippen molar-refractivity contribution in [3.05, 3.63) is 28.2 Å². The van der Waals surface area contributed by atoms with Crippen LogP contribution in [0.3, 0.4) is 0 Å². The van der Waals surface area contributed by atoms with Crippen LogP contribution in [-0.4, -0.2) is 11.3 Å². The van der Waals surface area contributed by atoms with Gasteiger partial charge in [-0.1, -0.05) is 15.9 Å². The van der Waals surface area contributed by atoms with Gasteiger partial charge in [-0.2, -0.15) is 0 Å². The van der Waals surface area contributed by atoms with Gasteiger partial charge in [-0.15, -0.1) is 11.8 Å². The standard InChI is InChI=1S/C10H12BrNS/c1-6(12)10-5-7-4-8(11)2-3-9(7)13-10/h2-4,6,10H,5,12H2,1H3. The molecule has 0 aliphatic carbocycles. The van der Waals surface area contributed by atoms with E-state index in [4.69, 9.17) is 5.73 Å². The maximum Gasteiger partial charge on any atom is 0.0284 e. The van der Waals surface area contributed by atoms with E-state index in [1.165, 1.54) is 10.5 Å². The van der Waals surface area contributed by atoms with E-state index in [1.54, 1.807) is 0 Å². The Hall–Kier alpha value is 0.01000. The third-order valence-electron chi connectivity index (χ3n) is 2.31. The van der Waals surface area contributed by atoms with Crippen LogP contribution in [-0.2, 0) is 6.42 Å². The quantitative estimate of drug-likeness (QED) is 0.838. The predicted molar refractivity (Wildman–Crippen MR) is 61.1 cm³/mol. The molecule has 0 aromatic heterocycles. The lowest BCUT2D eigenvalue weighted by atomic mass is 10.1. The Labute approximate surface area is 91.2 Å². The van der Waals surface area contributed by atoms with Crippen molar-refractivity contribution in [1.82, 2.24) is 0 Å². The highest BCUT2D eigenvalue weighted by molar-refractivity contribution is 9.10. The van der Waals surface area contributed by atoms with Gasteiger partial charge in [0.05, 0.1) is 0 Å². The zero-order valence-corrected chi connectivity index (χ0v) is 9.86. The summed E-state index contributed by atoms with van der Waals surface area (Å²) in [6.45, 7) is 2.08. The molecule has 1 nitrogen and oxygen atoms in total. The van der Waals surface area contributed by atoms with Crippen molar-refractivity contribution < 1.29 is 0 Å². The zero-order valence-electron chi connectivity index (χ0n) is 7.46. The van der Waals surface area contributed by atoms with E-state index in [2.05, 4.69) is 41.1 Å². The average molecular weight is 258 g/mol. The van der Waals surface area contributed by atoms with E-state index in [-0.39, 0.29) is 6.04 Å². The first kappa shape index (κ1) is 9.56. The van der Waals surface area contributed by atoms with Gasteiger partial charge in [0.25, 0.3) is 0 Å². The van der Waals surface area contributed by atoms with E-state index >= 15 is 0 Å². The van der Waals surface area contributed by atoms with Crippen LogP contribution >= 0.6 is 27.7 Å². The van der Waals surface area contributed by atoms with Gasteiger partial charge in [-0.25, -0.2) is 0 Å². The molecular formula is C10H12BrNS. The summed E-state index contributed by atoms with van der Waals surface area (Å²) in [6.07, 6.45) is 1.11. The first-order valence-corrected chi connectivity index (χ1v) is 6.05. The molecular weight excluding hydrogens is 246 g/mol. The maximum atomic E-state index is 5.88. The second-order valence-corrected chi connectivity index (χ2v) is 5.67. The molecule has 1 aromatic carbocycles. The minimum Gasteiger partial charge on any atom is -0.327 e. The second-order valence-electron chi connectivity index (χ2n) is 3.47. The molecule has 1 heterocycles. The van der Waals surface area contributed by atoms with Gasteiger partial charge < -0.3 is 5.73 Å². The minimum atomic E-state index is 0.274. The minimum absolute atomic E-state index is 0.274. The molecule has 70 valence electrons. The third-order valence-corrected chi connectivity index (χ3v) is 4.35. The number of nitrogens with two attached hydrogens (primary N) is 1. The molecule has 3 heteroatoms. The lowest BCUT2D eigenvalue weighted by molar-refractivity contribution is 0.692. The number of hydrogen-bond donors (Lipinski definition) is 1. The number of thioether (sulfide) groups is 1. The van der Waals surface area contributed by atoms with E-state index in [9.17, 15) is 0 Å². The molecule has 0 bridgehead atoms. The van der Waals surface area contributed by atoms with Crippen molar-refractivity contribution in [1.29, 1.82) is 0 Å². The molecule has 2 N–H and O–H groups in total. The molecule has 1 aliphatic heterocycles. The molecule has 1 aliphatic rings. The number of fused-ring (bicyclic) bond motifs is 1. The third kappa shape index (κ3) is 1.92. The Bertz CT molecular complexity index is 325.